The van der Waals surface area contributed by atoms with Crippen LogP contribution in [0.25, 0.3) is 5.65 Å². The van der Waals surface area contributed by atoms with Crippen molar-refractivity contribution in [3.63, 3.8) is 0 Å². The van der Waals surface area contributed by atoms with Crippen LogP contribution in [-0.2, 0) is 6.42 Å². The Kier molecular flexibility index (Phi) is 1.97. The van der Waals surface area contributed by atoms with Gasteiger partial charge in [0.15, 0.2) is 0 Å². The third-order valence-corrected chi connectivity index (χ3v) is 4.41. The monoisotopic (exact) mass is 244 g/mol. The summed E-state index contributed by atoms with van der Waals surface area (Å²) in [6.45, 7) is 2.36. The highest BCUT2D eigenvalue weighted by atomic mass is 16.1. The van der Waals surface area contributed by atoms with Gasteiger partial charge in [0, 0.05) is 37.2 Å². The van der Waals surface area contributed by atoms with Crippen LogP contribution >= 0.6 is 0 Å². The van der Waals surface area contributed by atoms with Gasteiger partial charge >= 0.3 is 5.69 Å². The molecule has 2 N–H and O–H groups in total. The van der Waals surface area contributed by atoms with Crippen molar-refractivity contribution >= 4 is 5.65 Å². The normalized spacial score (nSPS) is 22.0. The lowest BCUT2D eigenvalue weighted by Gasteiger charge is -2.54. The second kappa shape index (κ2) is 3.45. The topological polar surface area (TPSA) is 62.2 Å². The van der Waals surface area contributed by atoms with E-state index in [4.69, 9.17) is 0 Å². The molecule has 5 nitrogen and oxygen atoms in total. The predicted molar refractivity (Wildman–Crippen MR) is 67.5 cm³/mol. The van der Waals surface area contributed by atoms with E-state index >= 15 is 0 Å². The van der Waals surface area contributed by atoms with Gasteiger partial charge in [-0.15, -0.1) is 0 Å². The number of aromatic nitrogens is 3. The van der Waals surface area contributed by atoms with Gasteiger partial charge in [-0.2, -0.15) is 0 Å². The first-order valence-electron chi connectivity index (χ1n) is 6.50. The summed E-state index contributed by atoms with van der Waals surface area (Å²) < 4.78 is 1.54. The third-order valence-electron chi connectivity index (χ3n) is 4.41. The molecule has 1 aliphatic carbocycles. The lowest BCUT2D eigenvalue weighted by Crippen LogP contribution is -2.60. The number of imidazole rings is 1. The van der Waals surface area contributed by atoms with Crippen LogP contribution in [0.15, 0.2) is 23.3 Å². The van der Waals surface area contributed by atoms with E-state index in [1.54, 1.807) is 16.8 Å². The molecule has 1 spiro atoms. The van der Waals surface area contributed by atoms with Gasteiger partial charge in [-0.3, -0.25) is 4.40 Å². The lowest BCUT2D eigenvalue weighted by atomic mass is 9.57. The van der Waals surface area contributed by atoms with Gasteiger partial charge in [-0.1, -0.05) is 0 Å². The van der Waals surface area contributed by atoms with Crippen molar-refractivity contribution in [2.45, 2.75) is 19.3 Å². The molecular formula is C13H16N4O. The fraction of sp³-hybridized carbons (Fsp3) is 0.538. The van der Waals surface area contributed by atoms with Crippen molar-refractivity contribution in [2.75, 3.05) is 13.1 Å². The Hall–Kier alpha value is -1.62. The maximum Gasteiger partial charge on any atom is 0.331 e. The number of nitrogens with zero attached hydrogens (tertiary/aromatic N) is 2. The second-order valence-corrected chi connectivity index (χ2v) is 5.84. The van der Waals surface area contributed by atoms with Crippen LogP contribution in [0.2, 0.25) is 0 Å². The number of nitrogens with one attached hydrogen (secondary N) is 2. The summed E-state index contributed by atoms with van der Waals surface area (Å²) >= 11 is 0. The predicted octanol–water partition coefficient (Wildman–Crippen LogP) is 0.565. The van der Waals surface area contributed by atoms with E-state index in [1.165, 1.54) is 25.9 Å². The maximum atomic E-state index is 11.8. The zero-order valence-corrected chi connectivity index (χ0v) is 10.1. The largest absolute Gasteiger partial charge is 0.331 e. The molecule has 3 heterocycles. The van der Waals surface area contributed by atoms with Gasteiger partial charge in [0.05, 0.1) is 0 Å². The molecule has 1 aliphatic heterocycles. The lowest BCUT2D eigenvalue weighted by molar-refractivity contribution is 0.000468. The van der Waals surface area contributed by atoms with Crippen LogP contribution in [0.3, 0.4) is 0 Å². The third kappa shape index (κ3) is 1.43. The number of hydrogen-bond donors (Lipinski definition) is 2. The van der Waals surface area contributed by atoms with Crippen molar-refractivity contribution in [1.29, 1.82) is 0 Å². The Balaban J connectivity index is 1.54. The molecule has 2 aromatic rings. The molecule has 0 bridgehead atoms. The van der Waals surface area contributed by atoms with Crippen LogP contribution in [0.1, 0.15) is 18.5 Å². The molecule has 2 fully saturated rings. The van der Waals surface area contributed by atoms with Crippen molar-refractivity contribution < 1.29 is 0 Å². The fourth-order valence-electron chi connectivity index (χ4n) is 3.48. The van der Waals surface area contributed by atoms with Gasteiger partial charge < -0.3 is 10.3 Å². The zero-order valence-electron chi connectivity index (χ0n) is 10.1. The molecule has 1 saturated heterocycles. The van der Waals surface area contributed by atoms with Crippen LogP contribution in [0, 0.1) is 11.3 Å². The van der Waals surface area contributed by atoms with E-state index in [0.29, 0.717) is 5.41 Å². The van der Waals surface area contributed by atoms with Gasteiger partial charge in [0.2, 0.25) is 0 Å². The summed E-state index contributed by atoms with van der Waals surface area (Å²) in [6, 6.07) is 1.99. The van der Waals surface area contributed by atoms with Crippen LogP contribution < -0.4 is 11.0 Å². The Morgan fingerprint density at radius 1 is 1.44 bits per heavy atom. The summed E-state index contributed by atoms with van der Waals surface area (Å²) in [6.07, 6.45) is 6.91. The molecule has 2 aliphatic rings. The van der Waals surface area contributed by atoms with Crippen molar-refractivity contribution in [1.82, 2.24) is 19.7 Å². The minimum absolute atomic E-state index is 0.0839. The van der Waals surface area contributed by atoms with Gasteiger partial charge in [-0.25, -0.2) is 9.78 Å². The Labute approximate surface area is 104 Å². The highest BCUT2D eigenvalue weighted by molar-refractivity contribution is 5.38. The molecule has 94 valence electrons. The van der Waals surface area contributed by atoms with Gasteiger partial charge in [0.25, 0.3) is 0 Å². The standard InChI is InChI=1S/C13H16N4O/c18-12-16-10(4-11-15-1-2-17(11)12)3-9-5-13(6-9)7-14-8-13/h1-2,4,9,14H,3,5-8H2,(H,16,18). The molecule has 2 aromatic heterocycles. The zero-order chi connectivity index (χ0) is 12.2. The molecule has 5 heteroatoms. The Morgan fingerprint density at radius 2 is 2.28 bits per heavy atom. The molecule has 0 atom stereocenters. The first-order chi connectivity index (χ1) is 8.74. The smallest absolute Gasteiger partial charge is 0.316 e. The summed E-state index contributed by atoms with van der Waals surface area (Å²) in [5.41, 5.74) is 2.28. The van der Waals surface area contributed by atoms with E-state index in [0.717, 1.165) is 23.7 Å². The Bertz CT molecular complexity index is 644. The molecule has 0 unspecified atom stereocenters. The highest BCUT2D eigenvalue weighted by Crippen LogP contribution is 2.49. The van der Waals surface area contributed by atoms with Crippen molar-refractivity contribution in [2.24, 2.45) is 11.3 Å². The number of fused-ring (bicyclic) bond motifs is 1. The summed E-state index contributed by atoms with van der Waals surface area (Å²) in [5.74, 6) is 0.722. The molecule has 0 amide bonds. The number of hydrogen-bond acceptors (Lipinski definition) is 3. The first kappa shape index (κ1) is 10.3. The maximum absolute atomic E-state index is 11.8. The van der Waals surface area contributed by atoms with E-state index in [2.05, 4.69) is 15.3 Å². The molecule has 4 rings (SSSR count). The van der Waals surface area contributed by atoms with Crippen LogP contribution in [-0.4, -0.2) is 27.5 Å². The van der Waals surface area contributed by atoms with E-state index in [9.17, 15) is 4.79 Å². The molecule has 0 radical (unpaired) electrons. The first-order valence-corrected chi connectivity index (χ1v) is 6.50. The van der Waals surface area contributed by atoms with Crippen molar-refractivity contribution in [3.8, 4) is 0 Å². The highest BCUT2D eigenvalue weighted by Gasteiger charge is 2.47. The van der Waals surface area contributed by atoms with Crippen LogP contribution in [0.5, 0.6) is 0 Å². The average molecular weight is 244 g/mol. The van der Waals surface area contributed by atoms with Gasteiger partial charge in [-0.05, 0) is 30.6 Å². The molecular weight excluding hydrogens is 228 g/mol. The summed E-state index contributed by atoms with van der Waals surface area (Å²) in [5, 5.41) is 3.35. The van der Waals surface area contributed by atoms with Crippen LogP contribution in [0.4, 0.5) is 0 Å². The fourth-order valence-corrected chi connectivity index (χ4v) is 3.48. The summed E-state index contributed by atoms with van der Waals surface area (Å²) in [4.78, 5) is 18.9. The van der Waals surface area contributed by atoms with E-state index in [1.807, 2.05) is 6.07 Å². The minimum atomic E-state index is -0.0839. The number of H-pyrrole nitrogens is 1. The van der Waals surface area contributed by atoms with E-state index < -0.39 is 0 Å². The second-order valence-electron chi connectivity index (χ2n) is 5.84. The minimum Gasteiger partial charge on any atom is -0.316 e. The SMILES string of the molecule is O=c1[nH]c(CC2CC3(CNC3)C2)cc2nccn12. The average Bonchev–Trinajstić information content (AvgIpc) is 2.68. The summed E-state index contributed by atoms with van der Waals surface area (Å²) in [7, 11) is 0. The molecule has 1 saturated carbocycles. The molecule has 0 aromatic carbocycles. The van der Waals surface area contributed by atoms with E-state index in [-0.39, 0.29) is 5.69 Å². The Morgan fingerprint density at radius 3 is 3.00 bits per heavy atom. The van der Waals surface area contributed by atoms with Crippen molar-refractivity contribution in [3.05, 3.63) is 34.6 Å². The number of rotatable bonds is 2. The number of aromatic amines is 1. The quantitative estimate of drug-likeness (QED) is 0.811. The molecule has 18 heavy (non-hydrogen) atoms. The van der Waals surface area contributed by atoms with Gasteiger partial charge in [0.1, 0.15) is 5.65 Å².